The zero-order chi connectivity index (χ0) is 19.2. The van der Waals surface area contributed by atoms with E-state index in [-0.39, 0.29) is 28.7 Å². The molecule has 0 unspecified atom stereocenters. The van der Waals surface area contributed by atoms with Crippen molar-refractivity contribution in [2.24, 2.45) is 0 Å². The topological polar surface area (TPSA) is 52.0 Å². The van der Waals surface area contributed by atoms with Crippen LogP contribution < -0.4 is 11.5 Å². The highest BCUT2D eigenvalue weighted by molar-refractivity contribution is 5.63. The Morgan fingerprint density at radius 3 is 1.24 bits per heavy atom. The van der Waals surface area contributed by atoms with E-state index in [0.717, 1.165) is 13.8 Å². The van der Waals surface area contributed by atoms with Crippen LogP contribution in [0.3, 0.4) is 0 Å². The molecule has 25 heavy (non-hydrogen) atoms. The highest BCUT2D eigenvalue weighted by Crippen LogP contribution is 2.42. The van der Waals surface area contributed by atoms with E-state index in [9.17, 15) is 26.3 Å². The molecule has 0 heterocycles. The molecule has 0 atom stereocenters. The van der Waals surface area contributed by atoms with Crippen LogP contribution in [0.4, 0.5) is 37.7 Å². The molecule has 0 radical (unpaired) electrons. The fourth-order valence-electron chi connectivity index (χ4n) is 3.09. The fraction of sp³-hybridized carbons (Fsp3) is 0.294. The normalized spacial score (nSPS) is 11.4. The molecule has 0 aliphatic heterocycles. The third kappa shape index (κ3) is 2.69. The number of rotatable bonds is 3. The van der Waals surface area contributed by atoms with Crippen molar-refractivity contribution in [1.29, 1.82) is 0 Å². The molecule has 0 fully saturated rings. The van der Waals surface area contributed by atoms with Gasteiger partial charge in [0.15, 0.2) is 34.9 Å². The monoisotopic (exact) mass is 362 g/mol. The van der Waals surface area contributed by atoms with E-state index >= 15 is 0 Å². The second-order valence-electron chi connectivity index (χ2n) is 5.75. The zero-order valence-corrected chi connectivity index (χ0v) is 13.7. The fourth-order valence-corrected chi connectivity index (χ4v) is 3.09. The van der Waals surface area contributed by atoms with Crippen molar-refractivity contribution < 1.29 is 26.3 Å². The molecule has 136 valence electrons. The summed E-state index contributed by atoms with van der Waals surface area (Å²) in [5.41, 5.74) is 8.81. The molecule has 4 N–H and O–H groups in total. The van der Waals surface area contributed by atoms with Crippen LogP contribution in [0, 0.1) is 48.8 Å². The lowest BCUT2D eigenvalue weighted by Crippen LogP contribution is -2.16. The quantitative estimate of drug-likeness (QED) is 0.466. The average molecular weight is 362 g/mol. The zero-order valence-electron chi connectivity index (χ0n) is 13.7. The molecule has 2 rings (SSSR count). The van der Waals surface area contributed by atoms with Crippen molar-refractivity contribution in [2.45, 2.75) is 33.1 Å². The number of halogens is 6. The number of nitrogens with two attached hydrogens (primary N) is 2. The summed E-state index contributed by atoms with van der Waals surface area (Å²) >= 11 is 0. The standard InChI is InChI=1S/C17H16F6N2/c1-4-7(8-5(2)10(18)12(20)14(22)16(8)24)9-6(3)11(19)13(21)15(23)17(9)25/h7H,4,24-25H2,1-3H3. The summed E-state index contributed by atoms with van der Waals surface area (Å²) in [4.78, 5) is 0. The number of hydrogen-bond donors (Lipinski definition) is 2. The van der Waals surface area contributed by atoms with E-state index in [2.05, 4.69) is 0 Å². The Labute approximate surface area is 140 Å². The Kier molecular flexibility index (Phi) is 4.92. The van der Waals surface area contributed by atoms with Crippen LogP contribution in [0.2, 0.25) is 0 Å². The summed E-state index contributed by atoms with van der Waals surface area (Å²) in [7, 11) is 0. The number of nitrogen functional groups attached to an aromatic ring is 2. The third-order valence-electron chi connectivity index (χ3n) is 4.40. The van der Waals surface area contributed by atoms with E-state index in [4.69, 9.17) is 11.5 Å². The van der Waals surface area contributed by atoms with E-state index < -0.39 is 52.2 Å². The van der Waals surface area contributed by atoms with Crippen molar-refractivity contribution in [2.75, 3.05) is 11.5 Å². The highest BCUT2D eigenvalue weighted by atomic mass is 19.2. The van der Waals surface area contributed by atoms with Gasteiger partial charge in [0.05, 0.1) is 11.4 Å². The van der Waals surface area contributed by atoms with Gasteiger partial charge in [0.2, 0.25) is 0 Å². The van der Waals surface area contributed by atoms with Crippen molar-refractivity contribution in [3.8, 4) is 0 Å². The van der Waals surface area contributed by atoms with Gasteiger partial charge in [-0.05, 0) is 42.5 Å². The first-order valence-electron chi connectivity index (χ1n) is 7.40. The van der Waals surface area contributed by atoms with Crippen LogP contribution in [-0.2, 0) is 0 Å². The lowest BCUT2D eigenvalue weighted by molar-refractivity contribution is 0.439. The van der Waals surface area contributed by atoms with Gasteiger partial charge < -0.3 is 11.5 Å². The molecule has 0 aliphatic carbocycles. The summed E-state index contributed by atoms with van der Waals surface area (Å²) in [6.45, 7) is 3.88. The Morgan fingerprint density at radius 2 is 0.960 bits per heavy atom. The predicted molar refractivity (Wildman–Crippen MR) is 83.1 cm³/mol. The predicted octanol–water partition coefficient (Wildman–Crippen LogP) is 4.84. The largest absolute Gasteiger partial charge is 0.396 e. The van der Waals surface area contributed by atoms with Crippen LogP contribution in [0.5, 0.6) is 0 Å². The van der Waals surface area contributed by atoms with Gasteiger partial charge in [0.25, 0.3) is 0 Å². The Balaban J connectivity index is 2.90. The summed E-state index contributed by atoms with van der Waals surface area (Å²) in [5, 5.41) is 0. The first kappa shape index (κ1) is 19.0. The van der Waals surface area contributed by atoms with Gasteiger partial charge in [-0.3, -0.25) is 0 Å². The van der Waals surface area contributed by atoms with Crippen LogP contribution in [0.15, 0.2) is 0 Å². The van der Waals surface area contributed by atoms with Gasteiger partial charge in [0, 0.05) is 5.92 Å². The van der Waals surface area contributed by atoms with Gasteiger partial charge in [-0.25, -0.2) is 26.3 Å². The van der Waals surface area contributed by atoms with E-state index in [1.807, 2.05) is 0 Å². The van der Waals surface area contributed by atoms with Gasteiger partial charge in [-0.2, -0.15) is 0 Å². The summed E-state index contributed by atoms with van der Waals surface area (Å²) in [6.07, 6.45) is 0.0745. The summed E-state index contributed by atoms with van der Waals surface area (Å²) in [5.74, 6) is -10.7. The molecule has 2 nitrogen and oxygen atoms in total. The SMILES string of the molecule is CCC(c1c(C)c(F)c(F)c(F)c1N)c1c(C)c(F)c(F)c(F)c1N. The van der Waals surface area contributed by atoms with E-state index in [1.54, 1.807) is 6.92 Å². The lowest BCUT2D eigenvalue weighted by Gasteiger charge is -2.25. The minimum absolute atomic E-state index is 0.0745. The molecule has 0 bridgehead atoms. The minimum Gasteiger partial charge on any atom is -0.396 e. The molecule has 0 aromatic heterocycles. The van der Waals surface area contributed by atoms with Crippen molar-refractivity contribution >= 4 is 11.4 Å². The van der Waals surface area contributed by atoms with Crippen LogP contribution >= 0.6 is 0 Å². The van der Waals surface area contributed by atoms with Gasteiger partial charge in [-0.1, -0.05) is 6.92 Å². The molecule has 2 aromatic rings. The minimum atomic E-state index is -1.74. The molecule has 8 heteroatoms. The molecular weight excluding hydrogens is 346 g/mol. The van der Waals surface area contributed by atoms with Gasteiger partial charge in [0.1, 0.15) is 0 Å². The molecule has 0 amide bonds. The molecule has 0 saturated carbocycles. The maximum atomic E-state index is 14.0. The molecular formula is C17H16F6N2. The van der Waals surface area contributed by atoms with E-state index in [0.29, 0.717) is 0 Å². The molecule has 0 saturated heterocycles. The molecule has 2 aromatic carbocycles. The second-order valence-corrected chi connectivity index (χ2v) is 5.75. The Morgan fingerprint density at radius 1 is 0.640 bits per heavy atom. The smallest absolute Gasteiger partial charge is 0.196 e. The van der Waals surface area contributed by atoms with Crippen LogP contribution in [0.1, 0.15) is 41.5 Å². The number of benzene rings is 2. The maximum Gasteiger partial charge on any atom is 0.196 e. The number of anilines is 2. The Hall–Kier alpha value is -2.38. The highest BCUT2D eigenvalue weighted by Gasteiger charge is 2.31. The number of hydrogen-bond acceptors (Lipinski definition) is 2. The lowest BCUT2D eigenvalue weighted by atomic mass is 9.82. The Bertz CT molecular complexity index is 736. The maximum absolute atomic E-state index is 14.0. The second kappa shape index (κ2) is 6.50. The van der Waals surface area contributed by atoms with Crippen LogP contribution in [-0.4, -0.2) is 0 Å². The van der Waals surface area contributed by atoms with Crippen molar-refractivity contribution in [3.05, 3.63) is 57.2 Å². The van der Waals surface area contributed by atoms with Gasteiger partial charge in [-0.15, -0.1) is 0 Å². The van der Waals surface area contributed by atoms with Crippen LogP contribution in [0.25, 0.3) is 0 Å². The van der Waals surface area contributed by atoms with Crippen molar-refractivity contribution in [1.82, 2.24) is 0 Å². The van der Waals surface area contributed by atoms with Crippen molar-refractivity contribution in [3.63, 3.8) is 0 Å². The van der Waals surface area contributed by atoms with E-state index in [1.165, 1.54) is 0 Å². The molecule has 0 spiro atoms. The first-order chi connectivity index (χ1) is 11.6. The average Bonchev–Trinajstić information content (AvgIpc) is 2.60. The third-order valence-corrected chi connectivity index (χ3v) is 4.40. The molecule has 0 aliphatic rings. The first-order valence-corrected chi connectivity index (χ1v) is 7.40. The summed E-state index contributed by atoms with van der Waals surface area (Å²) in [6, 6.07) is 0. The summed E-state index contributed by atoms with van der Waals surface area (Å²) < 4.78 is 82.7. The van der Waals surface area contributed by atoms with Gasteiger partial charge >= 0.3 is 0 Å².